The number of H-pyrrole nitrogens is 1. The molecule has 1 aromatic carbocycles. The van der Waals surface area contributed by atoms with Crippen molar-refractivity contribution in [2.24, 2.45) is 0 Å². The second kappa shape index (κ2) is 2.92. The number of hydrogen-bond acceptors (Lipinski definition) is 2. The van der Waals surface area contributed by atoms with Crippen LogP contribution in [0.2, 0.25) is 0 Å². The highest BCUT2D eigenvalue weighted by atomic mass is 32.1. The third kappa shape index (κ3) is 1.35. The van der Waals surface area contributed by atoms with E-state index in [1.165, 1.54) is 6.07 Å². The Morgan fingerprint density at radius 3 is 2.92 bits per heavy atom. The molecule has 13 heavy (non-hydrogen) atoms. The van der Waals surface area contributed by atoms with Crippen LogP contribution in [-0.4, -0.2) is 4.98 Å². The number of thiol groups is 1. The van der Waals surface area contributed by atoms with Gasteiger partial charge in [-0.05, 0) is 12.5 Å². The number of fused-ring (bicyclic) bond motifs is 1. The molecule has 0 fully saturated rings. The van der Waals surface area contributed by atoms with Gasteiger partial charge in [-0.1, -0.05) is 18.2 Å². The molecule has 0 spiro atoms. The van der Waals surface area contributed by atoms with Gasteiger partial charge in [0, 0.05) is 16.3 Å². The largest absolute Gasteiger partial charge is 0.322 e. The van der Waals surface area contributed by atoms with Gasteiger partial charge in [0.05, 0.1) is 5.52 Å². The highest BCUT2D eigenvalue weighted by Gasteiger charge is 2.00. The third-order valence-corrected chi connectivity index (χ3v) is 2.43. The Morgan fingerprint density at radius 2 is 2.15 bits per heavy atom. The maximum Gasteiger partial charge on any atom is 0.249 e. The molecule has 0 unspecified atom stereocenters. The summed E-state index contributed by atoms with van der Waals surface area (Å²) >= 11 is 4.25. The first-order valence-electron chi connectivity index (χ1n) is 4.00. The molecule has 0 aliphatic heterocycles. The number of aryl methyl sites for hydroxylation is 1. The molecule has 0 amide bonds. The van der Waals surface area contributed by atoms with E-state index in [1.807, 2.05) is 25.1 Å². The van der Waals surface area contributed by atoms with Gasteiger partial charge >= 0.3 is 0 Å². The Balaban J connectivity index is 3.03. The maximum absolute atomic E-state index is 11.2. The minimum Gasteiger partial charge on any atom is -0.322 e. The summed E-state index contributed by atoms with van der Waals surface area (Å²) in [4.78, 5) is 14.7. The summed E-state index contributed by atoms with van der Waals surface area (Å²) in [6, 6.07) is 7.35. The van der Waals surface area contributed by atoms with Crippen molar-refractivity contribution < 1.29 is 0 Å². The molecule has 1 aromatic heterocycles. The lowest BCUT2D eigenvalue weighted by Gasteiger charge is -2.02. The maximum atomic E-state index is 11.2. The Bertz CT molecular complexity index is 516. The van der Waals surface area contributed by atoms with Crippen molar-refractivity contribution >= 4 is 23.5 Å². The summed E-state index contributed by atoms with van der Waals surface area (Å²) in [7, 11) is 0. The minimum atomic E-state index is -0.105. The second-order valence-electron chi connectivity index (χ2n) is 3.02. The summed E-state index contributed by atoms with van der Waals surface area (Å²) in [5.74, 6) is 0. The van der Waals surface area contributed by atoms with Gasteiger partial charge < -0.3 is 4.98 Å². The van der Waals surface area contributed by atoms with E-state index in [0.29, 0.717) is 0 Å². The number of nitrogens with one attached hydrogen (secondary N) is 1. The van der Waals surface area contributed by atoms with Gasteiger partial charge in [-0.15, -0.1) is 12.6 Å². The molecule has 1 heterocycles. The molecule has 0 aliphatic rings. The van der Waals surface area contributed by atoms with Gasteiger partial charge in [-0.25, -0.2) is 0 Å². The van der Waals surface area contributed by atoms with Crippen molar-refractivity contribution in [3.05, 3.63) is 40.2 Å². The van der Waals surface area contributed by atoms with Crippen LogP contribution < -0.4 is 5.56 Å². The number of benzene rings is 1. The number of hydrogen-bond donors (Lipinski definition) is 2. The summed E-state index contributed by atoms with van der Waals surface area (Å²) in [6.07, 6.45) is 0. The van der Waals surface area contributed by atoms with Gasteiger partial charge in [0.15, 0.2) is 0 Å². The van der Waals surface area contributed by atoms with Crippen molar-refractivity contribution in [2.75, 3.05) is 0 Å². The number of aromatic amines is 1. The average Bonchev–Trinajstić information content (AvgIpc) is 2.07. The molecular formula is C10H9NOS. The van der Waals surface area contributed by atoms with Crippen molar-refractivity contribution in [1.82, 2.24) is 4.98 Å². The van der Waals surface area contributed by atoms with Gasteiger partial charge in [-0.2, -0.15) is 0 Å². The first-order valence-corrected chi connectivity index (χ1v) is 4.45. The van der Waals surface area contributed by atoms with E-state index in [-0.39, 0.29) is 5.56 Å². The summed E-state index contributed by atoms with van der Waals surface area (Å²) in [5.41, 5.74) is 1.83. The number of para-hydroxylation sites is 1. The zero-order valence-corrected chi connectivity index (χ0v) is 8.06. The van der Waals surface area contributed by atoms with Crippen molar-refractivity contribution in [1.29, 1.82) is 0 Å². The number of pyridine rings is 1. The van der Waals surface area contributed by atoms with Gasteiger partial charge in [0.2, 0.25) is 5.56 Å². The molecule has 0 aliphatic carbocycles. The standard InChI is InChI=1S/C10H9NOS/c1-6-3-2-4-7-8(13)5-9(12)11-10(6)7/h2-5H,1H3,(H2,11,12,13). The molecule has 0 saturated heterocycles. The molecule has 2 nitrogen and oxygen atoms in total. The summed E-state index contributed by atoms with van der Waals surface area (Å²) in [6.45, 7) is 1.96. The molecule has 66 valence electrons. The molecule has 3 heteroatoms. The molecule has 2 rings (SSSR count). The monoisotopic (exact) mass is 191 g/mol. The third-order valence-electron chi connectivity index (χ3n) is 2.06. The normalized spacial score (nSPS) is 10.6. The van der Waals surface area contributed by atoms with Crippen molar-refractivity contribution in [3.8, 4) is 0 Å². The predicted molar refractivity (Wildman–Crippen MR) is 56.6 cm³/mol. The van der Waals surface area contributed by atoms with E-state index in [2.05, 4.69) is 17.6 Å². The van der Waals surface area contributed by atoms with Crippen LogP contribution in [0, 0.1) is 6.92 Å². The van der Waals surface area contributed by atoms with Crippen molar-refractivity contribution in [3.63, 3.8) is 0 Å². The number of rotatable bonds is 0. The molecule has 0 atom stereocenters. The zero-order chi connectivity index (χ0) is 9.42. The van der Waals surface area contributed by atoms with E-state index in [4.69, 9.17) is 0 Å². The quantitative estimate of drug-likeness (QED) is 0.614. The fourth-order valence-electron chi connectivity index (χ4n) is 1.41. The van der Waals surface area contributed by atoms with Gasteiger partial charge in [0.1, 0.15) is 0 Å². The average molecular weight is 191 g/mol. The van der Waals surface area contributed by atoms with Crippen LogP contribution in [0.4, 0.5) is 0 Å². The Kier molecular flexibility index (Phi) is 1.88. The Morgan fingerprint density at radius 1 is 1.38 bits per heavy atom. The van der Waals surface area contributed by atoms with Crippen LogP contribution in [-0.2, 0) is 0 Å². The Hall–Kier alpha value is -1.22. The first kappa shape index (κ1) is 8.38. The molecule has 2 aromatic rings. The highest BCUT2D eigenvalue weighted by Crippen LogP contribution is 2.20. The lowest BCUT2D eigenvalue weighted by atomic mass is 10.1. The van der Waals surface area contributed by atoms with Crippen molar-refractivity contribution in [2.45, 2.75) is 11.8 Å². The fourth-order valence-corrected chi connectivity index (χ4v) is 1.71. The molecule has 0 saturated carbocycles. The smallest absolute Gasteiger partial charge is 0.249 e. The first-order chi connectivity index (χ1) is 6.18. The van der Waals surface area contributed by atoms with E-state index in [0.717, 1.165) is 21.4 Å². The van der Waals surface area contributed by atoms with Crippen LogP contribution >= 0.6 is 12.6 Å². The zero-order valence-electron chi connectivity index (χ0n) is 7.16. The lowest BCUT2D eigenvalue weighted by molar-refractivity contribution is 1.25. The highest BCUT2D eigenvalue weighted by molar-refractivity contribution is 7.80. The van der Waals surface area contributed by atoms with Crippen LogP contribution in [0.25, 0.3) is 10.9 Å². The fraction of sp³-hybridized carbons (Fsp3) is 0.100. The molecule has 1 N–H and O–H groups in total. The van der Waals surface area contributed by atoms with Crippen LogP contribution in [0.15, 0.2) is 34.0 Å². The van der Waals surface area contributed by atoms with Crippen LogP contribution in [0.3, 0.4) is 0 Å². The molecule has 0 bridgehead atoms. The van der Waals surface area contributed by atoms with E-state index in [1.54, 1.807) is 0 Å². The predicted octanol–water partition coefficient (Wildman–Crippen LogP) is 2.13. The SMILES string of the molecule is Cc1cccc2c(S)cc(=O)[nH]c12. The van der Waals surface area contributed by atoms with E-state index in [9.17, 15) is 4.79 Å². The number of aromatic nitrogens is 1. The summed E-state index contributed by atoms with van der Waals surface area (Å²) < 4.78 is 0. The van der Waals surface area contributed by atoms with Crippen LogP contribution in [0.1, 0.15) is 5.56 Å². The summed E-state index contributed by atoms with van der Waals surface area (Å²) in [5, 5.41) is 0.989. The lowest BCUT2D eigenvalue weighted by Crippen LogP contribution is -2.04. The van der Waals surface area contributed by atoms with E-state index < -0.39 is 0 Å². The van der Waals surface area contributed by atoms with Gasteiger partial charge in [-0.3, -0.25) is 4.79 Å². The van der Waals surface area contributed by atoms with Gasteiger partial charge in [0.25, 0.3) is 0 Å². The topological polar surface area (TPSA) is 32.9 Å². The van der Waals surface area contributed by atoms with Crippen LogP contribution in [0.5, 0.6) is 0 Å². The Labute approximate surface area is 81.0 Å². The van der Waals surface area contributed by atoms with E-state index >= 15 is 0 Å². The molecule has 0 radical (unpaired) electrons. The minimum absolute atomic E-state index is 0.105. The molecular weight excluding hydrogens is 182 g/mol. The second-order valence-corrected chi connectivity index (χ2v) is 3.50.